The van der Waals surface area contributed by atoms with E-state index in [4.69, 9.17) is 16.3 Å². The van der Waals surface area contributed by atoms with Gasteiger partial charge in [0.25, 0.3) is 5.91 Å². The van der Waals surface area contributed by atoms with Crippen molar-refractivity contribution >= 4 is 23.2 Å². The van der Waals surface area contributed by atoms with Crippen LogP contribution in [0.2, 0.25) is 5.02 Å². The molecule has 0 spiro atoms. The van der Waals surface area contributed by atoms with Crippen molar-refractivity contribution in [3.05, 3.63) is 69.9 Å². The Kier molecular flexibility index (Phi) is 6.86. The Balaban J connectivity index is 2.11. The number of ether oxygens (including phenoxy) is 1. The van der Waals surface area contributed by atoms with E-state index in [9.17, 15) is 10.1 Å². The highest BCUT2D eigenvalue weighted by Gasteiger charge is 2.14. The number of anilines is 1. The number of amides is 1. The minimum absolute atomic E-state index is 0.0357. The molecule has 0 aliphatic heterocycles. The van der Waals surface area contributed by atoms with Crippen molar-refractivity contribution in [1.29, 1.82) is 5.26 Å². The average molecular weight is 384 g/mol. The first kappa shape index (κ1) is 20.3. The van der Waals surface area contributed by atoms with Gasteiger partial charge in [-0.25, -0.2) is 0 Å². The summed E-state index contributed by atoms with van der Waals surface area (Å²) in [6.45, 7) is 5.71. The monoisotopic (exact) mass is 383 g/mol. The Morgan fingerprint density at radius 3 is 2.48 bits per heavy atom. The zero-order valence-electron chi connectivity index (χ0n) is 15.8. The molecule has 0 saturated heterocycles. The molecule has 1 atom stereocenters. The van der Waals surface area contributed by atoms with Gasteiger partial charge in [0.1, 0.15) is 17.4 Å². The lowest BCUT2D eigenvalue weighted by Gasteiger charge is -2.15. The van der Waals surface area contributed by atoms with Crippen LogP contribution in [0.3, 0.4) is 0 Å². The smallest absolute Gasteiger partial charge is 0.263 e. The third-order valence-electron chi connectivity index (χ3n) is 4.12. The van der Waals surface area contributed by atoms with Crippen molar-refractivity contribution in [2.75, 3.05) is 12.4 Å². The first-order valence-electron chi connectivity index (χ1n) is 8.44. The molecule has 1 unspecified atom stereocenters. The van der Waals surface area contributed by atoms with Gasteiger partial charge in [-0.05, 0) is 55.7 Å². The lowest BCUT2D eigenvalue weighted by Crippen LogP contribution is -2.28. The lowest BCUT2D eigenvalue weighted by molar-refractivity contribution is -0.117. The molecule has 0 aliphatic carbocycles. The first-order chi connectivity index (χ1) is 12.8. The minimum atomic E-state index is -0.464. The molecule has 27 heavy (non-hydrogen) atoms. The number of aryl methyl sites for hydroxylation is 2. The maximum Gasteiger partial charge on any atom is 0.263 e. The summed E-state index contributed by atoms with van der Waals surface area (Å²) in [5.74, 6) is 0.277. The van der Waals surface area contributed by atoms with Crippen LogP contribution in [0.4, 0.5) is 5.69 Å². The second-order valence-electron chi connectivity index (χ2n) is 6.22. The van der Waals surface area contributed by atoms with E-state index in [1.165, 1.54) is 6.20 Å². The number of halogens is 1. The summed E-state index contributed by atoms with van der Waals surface area (Å²) < 4.78 is 5.13. The molecule has 6 heteroatoms. The number of hydrogen-bond donors (Lipinski definition) is 2. The fourth-order valence-corrected chi connectivity index (χ4v) is 3.02. The van der Waals surface area contributed by atoms with Crippen LogP contribution in [-0.4, -0.2) is 13.0 Å². The molecule has 0 radical (unpaired) electrons. The van der Waals surface area contributed by atoms with Crippen LogP contribution in [-0.2, 0) is 4.79 Å². The molecule has 2 aromatic carbocycles. The summed E-state index contributed by atoms with van der Waals surface area (Å²) >= 11 is 6.24. The molecule has 0 aromatic heterocycles. The Hall–Kier alpha value is -2.97. The first-order valence-corrected chi connectivity index (χ1v) is 8.82. The summed E-state index contributed by atoms with van der Waals surface area (Å²) in [5.41, 5.74) is 3.52. The van der Waals surface area contributed by atoms with Crippen LogP contribution in [0.5, 0.6) is 5.75 Å². The van der Waals surface area contributed by atoms with Gasteiger partial charge in [-0.2, -0.15) is 5.26 Å². The number of carbonyl (C=O) groups is 1. The van der Waals surface area contributed by atoms with Gasteiger partial charge in [0.05, 0.1) is 23.9 Å². The van der Waals surface area contributed by atoms with Crippen molar-refractivity contribution in [3.8, 4) is 11.8 Å². The summed E-state index contributed by atoms with van der Waals surface area (Å²) in [6.07, 6.45) is 1.37. The maximum atomic E-state index is 12.4. The zero-order chi connectivity index (χ0) is 20.0. The molecule has 0 saturated carbocycles. The summed E-state index contributed by atoms with van der Waals surface area (Å²) in [5, 5.41) is 15.7. The molecular weight excluding hydrogens is 362 g/mol. The van der Waals surface area contributed by atoms with Crippen LogP contribution in [0, 0.1) is 25.2 Å². The summed E-state index contributed by atoms with van der Waals surface area (Å²) in [4.78, 5) is 12.4. The molecule has 0 fully saturated rings. The predicted octanol–water partition coefficient (Wildman–Crippen LogP) is 4.66. The summed E-state index contributed by atoms with van der Waals surface area (Å²) in [7, 11) is 1.60. The minimum Gasteiger partial charge on any atom is -0.497 e. The van der Waals surface area contributed by atoms with Gasteiger partial charge in [-0.15, -0.1) is 0 Å². The predicted molar refractivity (Wildman–Crippen MR) is 108 cm³/mol. The van der Waals surface area contributed by atoms with Crippen molar-refractivity contribution in [1.82, 2.24) is 5.32 Å². The van der Waals surface area contributed by atoms with Crippen molar-refractivity contribution in [2.24, 2.45) is 0 Å². The average Bonchev–Trinajstić information content (AvgIpc) is 2.63. The number of carbonyl (C=O) groups excluding carboxylic acids is 1. The quantitative estimate of drug-likeness (QED) is 0.561. The number of nitriles is 1. The largest absolute Gasteiger partial charge is 0.497 e. The number of nitrogens with zero attached hydrogens (tertiary/aromatic N) is 1. The van der Waals surface area contributed by atoms with Gasteiger partial charge < -0.3 is 15.4 Å². The molecular formula is C21H22ClN3O2. The molecule has 2 aromatic rings. The van der Waals surface area contributed by atoms with E-state index >= 15 is 0 Å². The van der Waals surface area contributed by atoms with Crippen LogP contribution in [0.1, 0.15) is 29.7 Å². The highest BCUT2D eigenvalue weighted by atomic mass is 35.5. The van der Waals surface area contributed by atoms with E-state index in [1.54, 1.807) is 7.11 Å². The Morgan fingerprint density at radius 2 is 1.93 bits per heavy atom. The number of hydrogen-bond acceptors (Lipinski definition) is 4. The number of methoxy groups -OCH3 is 1. The van der Waals surface area contributed by atoms with E-state index in [0.29, 0.717) is 10.7 Å². The molecule has 1 amide bonds. The number of benzene rings is 2. The van der Waals surface area contributed by atoms with Gasteiger partial charge in [-0.1, -0.05) is 29.8 Å². The van der Waals surface area contributed by atoms with Crippen molar-refractivity contribution < 1.29 is 9.53 Å². The number of nitrogens with one attached hydrogen (secondary N) is 2. The lowest BCUT2D eigenvalue weighted by atomic mass is 10.1. The SMILES string of the molecule is COc1ccc(C(C)NC(=O)/C(C#N)=C\Nc2c(C)cc(C)cc2Cl)cc1. The third kappa shape index (κ3) is 5.25. The van der Waals surface area contributed by atoms with Crippen LogP contribution < -0.4 is 15.4 Å². The van der Waals surface area contributed by atoms with Crippen LogP contribution >= 0.6 is 11.6 Å². The third-order valence-corrected chi connectivity index (χ3v) is 4.42. The molecule has 0 aliphatic rings. The topological polar surface area (TPSA) is 74.1 Å². The van der Waals surface area contributed by atoms with Gasteiger partial charge in [0.2, 0.25) is 0 Å². The molecule has 0 bridgehead atoms. The van der Waals surface area contributed by atoms with Gasteiger partial charge in [-0.3, -0.25) is 4.79 Å². The fourth-order valence-electron chi connectivity index (χ4n) is 2.64. The van der Waals surface area contributed by atoms with Gasteiger partial charge in [0.15, 0.2) is 0 Å². The van der Waals surface area contributed by atoms with Gasteiger partial charge in [0, 0.05) is 6.20 Å². The van der Waals surface area contributed by atoms with E-state index in [-0.39, 0.29) is 11.6 Å². The summed E-state index contributed by atoms with van der Waals surface area (Å²) in [6, 6.07) is 12.8. The molecule has 5 nitrogen and oxygen atoms in total. The Labute approximate surface area is 164 Å². The van der Waals surface area contributed by atoms with Crippen LogP contribution in [0.25, 0.3) is 0 Å². The Bertz CT molecular complexity index is 876. The van der Waals surface area contributed by atoms with Crippen molar-refractivity contribution in [2.45, 2.75) is 26.8 Å². The van der Waals surface area contributed by atoms with E-state index < -0.39 is 5.91 Å². The normalized spacial score (nSPS) is 12.1. The zero-order valence-corrected chi connectivity index (χ0v) is 16.5. The van der Waals surface area contributed by atoms with E-state index in [0.717, 1.165) is 22.4 Å². The van der Waals surface area contributed by atoms with E-state index in [2.05, 4.69) is 10.6 Å². The second-order valence-corrected chi connectivity index (χ2v) is 6.63. The fraction of sp³-hybridized carbons (Fsp3) is 0.238. The highest BCUT2D eigenvalue weighted by Crippen LogP contribution is 2.27. The molecule has 140 valence electrons. The van der Waals surface area contributed by atoms with Crippen molar-refractivity contribution in [3.63, 3.8) is 0 Å². The maximum absolute atomic E-state index is 12.4. The van der Waals surface area contributed by atoms with Crippen LogP contribution in [0.15, 0.2) is 48.2 Å². The molecule has 2 N–H and O–H groups in total. The molecule has 2 rings (SSSR count). The highest BCUT2D eigenvalue weighted by molar-refractivity contribution is 6.33. The van der Waals surface area contributed by atoms with Gasteiger partial charge >= 0.3 is 0 Å². The molecule has 0 heterocycles. The number of rotatable bonds is 6. The second kappa shape index (κ2) is 9.11. The van der Waals surface area contributed by atoms with E-state index in [1.807, 2.05) is 63.2 Å². The standard InChI is InChI=1S/C21H22ClN3O2/c1-13-9-14(2)20(19(22)10-13)24-12-17(11-23)21(26)25-15(3)16-5-7-18(27-4)8-6-16/h5-10,12,15,24H,1-4H3,(H,25,26)/b17-12-. The Morgan fingerprint density at radius 1 is 1.26 bits per heavy atom.